The summed E-state index contributed by atoms with van der Waals surface area (Å²) in [7, 11) is -3.92. The SMILES string of the molecule is CCC(=O)[O-].Cc1c(F)cccc1NS(=O)(=O)c1ccc2[nH]c(=O)c3[nH]ccc3c2c1. The highest BCUT2D eigenvalue weighted by molar-refractivity contribution is 7.92. The number of sulfonamides is 1. The average Bonchev–Trinajstić information content (AvgIpc) is 3.22. The number of aromatic nitrogens is 2. The van der Waals surface area contributed by atoms with Crippen LogP contribution in [0.5, 0.6) is 0 Å². The van der Waals surface area contributed by atoms with E-state index in [0.29, 0.717) is 21.8 Å². The lowest BCUT2D eigenvalue weighted by molar-refractivity contribution is -0.305. The number of aromatic amines is 2. The van der Waals surface area contributed by atoms with Gasteiger partial charge in [-0.2, -0.15) is 0 Å². The molecule has 0 atom stereocenters. The fourth-order valence-electron chi connectivity index (χ4n) is 2.91. The Kier molecular flexibility index (Phi) is 6.11. The molecule has 2 aromatic heterocycles. The average molecular weight is 444 g/mol. The van der Waals surface area contributed by atoms with E-state index >= 15 is 0 Å². The van der Waals surface area contributed by atoms with E-state index in [1.54, 1.807) is 12.3 Å². The maximum Gasteiger partial charge on any atom is 0.272 e. The zero-order valence-corrected chi connectivity index (χ0v) is 17.5. The largest absolute Gasteiger partial charge is 0.550 e. The summed E-state index contributed by atoms with van der Waals surface area (Å²) >= 11 is 0. The van der Waals surface area contributed by atoms with Gasteiger partial charge < -0.3 is 19.9 Å². The van der Waals surface area contributed by atoms with Crippen LogP contribution in [0.2, 0.25) is 0 Å². The van der Waals surface area contributed by atoms with Crippen LogP contribution >= 0.6 is 0 Å². The van der Waals surface area contributed by atoms with Gasteiger partial charge in [-0.1, -0.05) is 13.0 Å². The molecule has 31 heavy (non-hydrogen) atoms. The van der Waals surface area contributed by atoms with Gasteiger partial charge in [0.15, 0.2) is 0 Å². The molecule has 0 saturated heterocycles. The van der Waals surface area contributed by atoms with E-state index in [4.69, 9.17) is 0 Å². The van der Waals surface area contributed by atoms with Gasteiger partial charge in [0.25, 0.3) is 15.6 Å². The second-order valence-corrected chi connectivity index (χ2v) is 8.35. The van der Waals surface area contributed by atoms with Gasteiger partial charge in [0.2, 0.25) is 0 Å². The molecule has 0 aliphatic rings. The predicted molar refractivity (Wildman–Crippen MR) is 114 cm³/mol. The highest BCUT2D eigenvalue weighted by Gasteiger charge is 2.18. The van der Waals surface area contributed by atoms with Gasteiger partial charge in [-0.15, -0.1) is 0 Å². The zero-order valence-electron chi connectivity index (χ0n) is 16.7. The molecule has 10 heteroatoms. The summed E-state index contributed by atoms with van der Waals surface area (Å²) in [5.74, 6) is -1.49. The van der Waals surface area contributed by atoms with E-state index in [1.165, 1.54) is 50.2 Å². The lowest BCUT2D eigenvalue weighted by atomic mass is 10.1. The molecule has 4 aromatic rings. The third-order valence-electron chi connectivity index (χ3n) is 4.61. The summed E-state index contributed by atoms with van der Waals surface area (Å²) in [6.07, 6.45) is 1.73. The number of fused-ring (bicyclic) bond motifs is 3. The van der Waals surface area contributed by atoms with Crippen LogP contribution in [0.1, 0.15) is 18.9 Å². The smallest absolute Gasteiger partial charge is 0.272 e. The van der Waals surface area contributed by atoms with Crippen LogP contribution in [0.25, 0.3) is 21.8 Å². The molecule has 0 aliphatic carbocycles. The second kappa shape index (κ2) is 8.60. The Balaban J connectivity index is 0.000000491. The van der Waals surface area contributed by atoms with Crippen LogP contribution in [0.3, 0.4) is 0 Å². The van der Waals surface area contributed by atoms with E-state index in [0.717, 1.165) is 0 Å². The van der Waals surface area contributed by atoms with Crippen molar-refractivity contribution in [2.24, 2.45) is 0 Å². The predicted octanol–water partition coefficient (Wildman–Crippen LogP) is 2.40. The summed E-state index contributed by atoms with van der Waals surface area (Å²) in [4.78, 5) is 26.8. The minimum Gasteiger partial charge on any atom is -0.550 e. The third kappa shape index (κ3) is 4.58. The number of pyridine rings is 1. The van der Waals surface area contributed by atoms with Crippen LogP contribution in [0.4, 0.5) is 10.1 Å². The molecule has 2 aromatic carbocycles. The molecule has 0 aliphatic heterocycles. The van der Waals surface area contributed by atoms with Crippen molar-refractivity contribution in [3.8, 4) is 0 Å². The van der Waals surface area contributed by atoms with Crippen LogP contribution in [0, 0.1) is 12.7 Å². The highest BCUT2D eigenvalue weighted by atomic mass is 32.2. The first-order valence-corrected chi connectivity index (χ1v) is 10.7. The normalized spacial score (nSPS) is 11.2. The zero-order chi connectivity index (χ0) is 22.8. The Labute approximate surface area is 176 Å². The molecule has 0 amide bonds. The molecule has 162 valence electrons. The molecule has 0 bridgehead atoms. The Morgan fingerprint density at radius 3 is 2.55 bits per heavy atom. The van der Waals surface area contributed by atoms with E-state index in [-0.39, 0.29) is 28.1 Å². The van der Waals surface area contributed by atoms with Crippen LogP contribution in [-0.2, 0) is 14.8 Å². The summed E-state index contributed by atoms with van der Waals surface area (Å²) in [5, 5.41) is 10.5. The number of H-pyrrole nitrogens is 2. The first-order valence-electron chi connectivity index (χ1n) is 9.25. The monoisotopic (exact) mass is 444 g/mol. The molecule has 0 unspecified atom stereocenters. The van der Waals surface area contributed by atoms with Crippen LogP contribution < -0.4 is 15.4 Å². The topological polar surface area (TPSA) is 135 Å². The minimum absolute atomic E-state index is 0.0169. The molecule has 0 saturated carbocycles. The number of benzene rings is 2. The molecule has 4 rings (SSSR count). The summed E-state index contributed by atoms with van der Waals surface area (Å²) in [5.41, 5.74) is 1.03. The lowest BCUT2D eigenvalue weighted by Crippen LogP contribution is -2.19. The fourth-order valence-corrected chi connectivity index (χ4v) is 4.06. The number of carbonyl (C=O) groups excluding carboxylic acids is 1. The molecule has 0 radical (unpaired) electrons. The molecule has 0 spiro atoms. The molecule has 0 fully saturated rings. The van der Waals surface area contributed by atoms with Gasteiger partial charge >= 0.3 is 0 Å². The number of carboxylic acids is 1. The van der Waals surface area contributed by atoms with Crippen molar-refractivity contribution < 1.29 is 22.7 Å². The van der Waals surface area contributed by atoms with Crippen molar-refractivity contribution in [3.63, 3.8) is 0 Å². The number of carbonyl (C=O) groups is 1. The number of halogens is 1. The second-order valence-electron chi connectivity index (χ2n) is 6.67. The molecule has 8 nitrogen and oxygen atoms in total. The van der Waals surface area contributed by atoms with Gasteiger partial charge in [0.05, 0.1) is 10.6 Å². The third-order valence-corrected chi connectivity index (χ3v) is 5.98. The van der Waals surface area contributed by atoms with E-state index in [1.807, 2.05) is 0 Å². The van der Waals surface area contributed by atoms with Gasteiger partial charge in [0.1, 0.15) is 11.3 Å². The highest BCUT2D eigenvalue weighted by Crippen LogP contribution is 2.26. The van der Waals surface area contributed by atoms with Crippen molar-refractivity contribution in [3.05, 3.63) is 70.4 Å². The maximum absolute atomic E-state index is 13.7. The quantitative estimate of drug-likeness (QED) is 0.444. The molecular weight excluding hydrogens is 425 g/mol. The Bertz CT molecular complexity index is 1440. The van der Waals surface area contributed by atoms with Gasteiger partial charge in [-0.3, -0.25) is 9.52 Å². The molecular formula is C21H19FN3O5S-. The van der Waals surface area contributed by atoms with Crippen molar-refractivity contribution in [2.45, 2.75) is 25.2 Å². The van der Waals surface area contributed by atoms with Crippen molar-refractivity contribution in [1.29, 1.82) is 0 Å². The van der Waals surface area contributed by atoms with E-state index in [9.17, 15) is 27.5 Å². The Hall–Kier alpha value is -3.66. The van der Waals surface area contributed by atoms with Gasteiger partial charge in [-0.25, -0.2) is 12.8 Å². The first kappa shape index (κ1) is 22.0. The number of rotatable bonds is 4. The van der Waals surface area contributed by atoms with Crippen molar-refractivity contribution in [1.82, 2.24) is 9.97 Å². The lowest BCUT2D eigenvalue weighted by Gasteiger charge is -2.11. The first-order chi connectivity index (χ1) is 14.6. The number of carboxylic acid groups (broad SMARTS) is 1. The Morgan fingerprint density at radius 2 is 1.87 bits per heavy atom. The van der Waals surface area contributed by atoms with Crippen LogP contribution in [-0.4, -0.2) is 24.4 Å². The van der Waals surface area contributed by atoms with Gasteiger partial charge in [-0.05, 0) is 49.7 Å². The summed E-state index contributed by atoms with van der Waals surface area (Å²) < 4.78 is 41.6. The Morgan fingerprint density at radius 1 is 1.16 bits per heavy atom. The minimum atomic E-state index is -3.92. The number of anilines is 1. The van der Waals surface area contributed by atoms with E-state index < -0.39 is 21.8 Å². The summed E-state index contributed by atoms with van der Waals surface area (Å²) in [6, 6.07) is 10.3. The number of aliphatic carboxylic acids is 1. The number of nitrogens with one attached hydrogen (secondary N) is 3. The van der Waals surface area contributed by atoms with Crippen LogP contribution in [0.15, 0.2) is 58.4 Å². The number of hydrogen-bond acceptors (Lipinski definition) is 5. The molecule has 2 heterocycles. The molecule has 3 N–H and O–H groups in total. The number of hydrogen-bond donors (Lipinski definition) is 3. The van der Waals surface area contributed by atoms with Crippen molar-refractivity contribution in [2.75, 3.05) is 4.72 Å². The standard InChI is InChI=1S/C18H14FN3O3S.C3H6O2/c1-10-14(19)3-2-4-15(10)22-26(24,25)11-5-6-16-13(9-11)12-7-8-20-17(12)18(23)21-16;1-2-3(4)5/h2-9,20,22H,1H3,(H,21,23);2H2,1H3,(H,4,5)/p-1. The van der Waals surface area contributed by atoms with Crippen molar-refractivity contribution >= 4 is 43.5 Å². The fraction of sp³-hybridized carbons (Fsp3) is 0.143. The maximum atomic E-state index is 13.7. The van der Waals surface area contributed by atoms with E-state index in [2.05, 4.69) is 14.7 Å². The van der Waals surface area contributed by atoms with Gasteiger partial charge in [0, 0.05) is 34.0 Å². The summed E-state index contributed by atoms with van der Waals surface area (Å²) in [6.45, 7) is 3.04.